The number of halogens is 1. The fraction of sp³-hybridized carbons (Fsp3) is 0.143. The van der Waals surface area contributed by atoms with Crippen LogP contribution >= 0.6 is 15.9 Å². The number of rotatable bonds is 3. The van der Waals surface area contributed by atoms with E-state index in [1.807, 2.05) is 40.9 Å². The van der Waals surface area contributed by atoms with Crippen molar-refractivity contribution < 1.29 is 4.74 Å². The molecule has 0 saturated heterocycles. The summed E-state index contributed by atoms with van der Waals surface area (Å²) in [6.45, 7) is 0. The minimum atomic E-state index is 0.730. The predicted octanol–water partition coefficient (Wildman–Crippen LogP) is 3.09. The molecule has 96 valence electrons. The van der Waals surface area contributed by atoms with Gasteiger partial charge < -0.3 is 4.74 Å². The SMILES string of the molecule is COc1ccc(Cc2nc(Br)c3cccnn23)cc1. The summed E-state index contributed by atoms with van der Waals surface area (Å²) in [7, 11) is 1.66. The van der Waals surface area contributed by atoms with Crippen LogP contribution in [-0.2, 0) is 6.42 Å². The molecule has 0 bridgehead atoms. The van der Waals surface area contributed by atoms with Gasteiger partial charge in [0.25, 0.3) is 0 Å². The molecule has 0 aliphatic rings. The third-order valence-corrected chi connectivity index (χ3v) is 3.54. The number of methoxy groups -OCH3 is 1. The lowest BCUT2D eigenvalue weighted by molar-refractivity contribution is 0.414. The van der Waals surface area contributed by atoms with Gasteiger partial charge in [0, 0.05) is 12.6 Å². The van der Waals surface area contributed by atoms with Crippen LogP contribution in [0.4, 0.5) is 0 Å². The third-order valence-electron chi connectivity index (χ3n) is 2.95. The van der Waals surface area contributed by atoms with Crippen molar-refractivity contribution in [3.8, 4) is 5.75 Å². The number of aromatic nitrogens is 3. The molecule has 0 radical (unpaired) electrons. The molecule has 3 aromatic rings. The summed E-state index contributed by atoms with van der Waals surface area (Å²) in [5.74, 6) is 1.77. The van der Waals surface area contributed by atoms with Crippen LogP contribution < -0.4 is 4.74 Å². The van der Waals surface area contributed by atoms with Gasteiger partial charge in [-0.25, -0.2) is 9.50 Å². The maximum absolute atomic E-state index is 5.15. The van der Waals surface area contributed by atoms with Crippen LogP contribution in [0.1, 0.15) is 11.4 Å². The Morgan fingerprint density at radius 2 is 2.00 bits per heavy atom. The van der Waals surface area contributed by atoms with Crippen molar-refractivity contribution in [2.45, 2.75) is 6.42 Å². The molecule has 0 aliphatic carbocycles. The van der Waals surface area contributed by atoms with Gasteiger partial charge in [0.15, 0.2) is 0 Å². The zero-order chi connectivity index (χ0) is 13.2. The lowest BCUT2D eigenvalue weighted by atomic mass is 10.1. The molecule has 3 rings (SSSR count). The first kappa shape index (κ1) is 12.2. The average Bonchev–Trinajstić information content (AvgIpc) is 2.77. The van der Waals surface area contributed by atoms with Crippen molar-refractivity contribution >= 4 is 21.4 Å². The van der Waals surface area contributed by atoms with Gasteiger partial charge in [-0.05, 0) is 45.8 Å². The summed E-state index contributed by atoms with van der Waals surface area (Å²) in [6, 6.07) is 11.9. The summed E-state index contributed by atoms with van der Waals surface area (Å²) in [5, 5.41) is 4.33. The molecule has 1 aromatic carbocycles. The van der Waals surface area contributed by atoms with E-state index >= 15 is 0 Å². The Morgan fingerprint density at radius 1 is 1.21 bits per heavy atom. The Kier molecular flexibility index (Phi) is 3.21. The van der Waals surface area contributed by atoms with E-state index < -0.39 is 0 Å². The van der Waals surface area contributed by atoms with Crippen LogP contribution in [0.25, 0.3) is 5.52 Å². The van der Waals surface area contributed by atoms with E-state index in [1.54, 1.807) is 13.3 Å². The van der Waals surface area contributed by atoms with Gasteiger partial charge in [-0.15, -0.1) is 0 Å². The van der Waals surface area contributed by atoms with Gasteiger partial charge in [-0.3, -0.25) is 0 Å². The topological polar surface area (TPSA) is 39.4 Å². The molecule has 19 heavy (non-hydrogen) atoms. The van der Waals surface area contributed by atoms with Crippen molar-refractivity contribution in [2.75, 3.05) is 7.11 Å². The van der Waals surface area contributed by atoms with Crippen molar-refractivity contribution in [1.82, 2.24) is 14.6 Å². The molecule has 0 atom stereocenters. The van der Waals surface area contributed by atoms with Gasteiger partial charge in [0.2, 0.25) is 0 Å². The minimum Gasteiger partial charge on any atom is -0.497 e. The second-order valence-electron chi connectivity index (χ2n) is 4.16. The lowest BCUT2D eigenvalue weighted by Crippen LogP contribution is -1.99. The molecule has 5 heteroatoms. The molecule has 0 spiro atoms. The van der Waals surface area contributed by atoms with Crippen LogP contribution in [0, 0.1) is 0 Å². The van der Waals surface area contributed by atoms with Crippen molar-refractivity contribution in [3.05, 3.63) is 58.6 Å². The fourth-order valence-corrected chi connectivity index (χ4v) is 2.50. The second-order valence-corrected chi connectivity index (χ2v) is 4.92. The molecule has 0 fully saturated rings. The average molecular weight is 318 g/mol. The van der Waals surface area contributed by atoms with E-state index in [9.17, 15) is 0 Å². The first-order valence-corrected chi connectivity index (χ1v) is 6.68. The molecule has 4 nitrogen and oxygen atoms in total. The van der Waals surface area contributed by atoms with Crippen LogP contribution in [0.2, 0.25) is 0 Å². The van der Waals surface area contributed by atoms with Crippen molar-refractivity contribution in [3.63, 3.8) is 0 Å². The summed E-state index contributed by atoms with van der Waals surface area (Å²) in [4.78, 5) is 4.51. The Morgan fingerprint density at radius 3 is 2.74 bits per heavy atom. The van der Waals surface area contributed by atoms with Crippen molar-refractivity contribution in [2.24, 2.45) is 0 Å². The Bertz CT molecular complexity index is 706. The Labute approximate surface area is 119 Å². The summed E-state index contributed by atoms with van der Waals surface area (Å²) in [5.41, 5.74) is 2.15. The van der Waals surface area contributed by atoms with Crippen LogP contribution in [0.15, 0.2) is 47.2 Å². The van der Waals surface area contributed by atoms with Crippen molar-refractivity contribution in [1.29, 1.82) is 0 Å². The maximum atomic E-state index is 5.15. The minimum absolute atomic E-state index is 0.730. The molecular weight excluding hydrogens is 306 g/mol. The number of hydrogen-bond acceptors (Lipinski definition) is 3. The first-order valence-electron chi connectivity index (χ1n) is 5.89. The highest BCUT2D eigenvalue weighted by atomic mass is 79.9. The predicted molar refractivity (Wildman–Crippen MR) is 76.5 cm³/mol. The van der Waals surface area contributed by atoms with Gasteiger partial charge in [0.05, 0.1) is 12.6 Å². The number of nitrogens with zero attached hydrogens (tertiary/aromatic N) is 3. The third kappa shape index (κ3) is 2.33. The highest BCUT2D eigenvalue weighted by molar-refractivity contribution is 9.10. The zero-order valence-corrected chi connectivity index (χ0v) is 12.0. The van der Waals surface area contributed by atoms with Crippen LogP contribution in [0.3, 0.4) is 0 Å². The van der Waals surface area contributed by atoms with Crippen LogP contribution in [0.5, 0.6) is 5.75 Å². The van der Waals surface area contributed by atoms with E-state index in [-0.39, 0.29) is 0 Å². The fourth-order valence-electron chi connectivity index (χ4n) is 1.99. The van der Waals surface area contributed by atoms with E-state index in [1.165, 1.54) is 5.56 Å². The zero-order valence-electron chi connectivity index (χ0n) is 10.4. The normalized spacial score (nSPS) is 10.8. The van der Waals surface area contributed by atoms with Gasteiger partial charge in [0.1, 0.15) is 16.2 Å². The summed E-state index contributed by atoms with van der Waals surface area (Å²) < 4.78 is 7.83. The molecule has 0 saturated carbocycles. The number of fused-ring (bicyclic) bond motifs is 1. The number of hydrogen-bond donors (Lipinski definition) is 0. The monoisotopic (exact) mass is 317 g/mol. The number of ether oxygens (including phenoxy) is 1. The molecule has 0 N–H and O–H groups in total. The van der Waals surface area contributed by atoms with E-state index in [0.717, 1.165) is 28.1 Å². The Balaban J connectivity index is 1.96. The molecule has 0 aliphatic heterocycles. The van der Waals surface area contributed by atoms with Gasteiger partial charge >= 0.3 is 0 Å². The second kappa shape index (κ2) is 5.01. The molecule has 2 heterocycles. The number of benzene rings is 1. The lowest BCUT2D eigenvalue weighted by Gasteiger charge is -2.02. The molecule has 0 unspecified atom stereocenters. The van der Waals surface area contributed by atoms with E-state index in [4.69, 9.17) is 4.74 Å². The number of imidazole rings is 1. The highest BCUT2D eigenvalue weighted by Crippen LogP contribution is 2.20. The summed E-state index contributed by atoms with van der Waals surface area (Å²) in [6.07, 6.45) is 2.49. The quantitative estimate of drug-likeness (QED) is 0.745. The molecule has 0 amide bonds. The van der Waals surface area contributed by atoms with E-state index in [2.05, 4.69) is 26.0 Å². The van der Waals surface area contributed by atoms with E-state index in [0.29, 0.717) is 0 Å². The largest absolute Gasteiger partial charge is 0.497 e. The van der Waals surface area contributed by atoms with Gasteiger partial charge in [-0.1, -0.05) is 12.1 Å². The maximum Gasteiger partial charge on any atom is 0.136 e. The van der Waals surface area contributed by atoms with Gasteiger partial charge in [-0.2, -0.15) is 5.10 Å². The molecule has 2 aromatic heterocycles. The standard InChI is InChI=1S/C14H12BrN3O/c1-19-11-6-4-10(5-7-11)9-13-17-14(15)12-3-2-8-16-18(12)13/h2-8H,9H2,1H3. The molecular formula is C14H12BrN3O. The Hall–Kier alpha value is -1.88. The van der Waals surface area contributed by atoms with Crippen LogP contribution in [-0.4, -0.2) is 21.7 Å². The summed E-state index contributed by atoms with van der Waals surface area (Å²) >= 11 is 3.46. The first-order chi connectivity index (χ1) is 9.28. The highest BCUT2D eigenvalue weighted by Gasteiger charge is 2.09. The smallest absolute Gasteiger partial charge is 0.136 e.